The molecule has 20 heavy (non-hydrogen) atoms. The van der Waals surface area contributed by atoms with Gasteiger partial charge in [-0.2, -0.15) is 0 Å². The summed E-state index contributed by atoms with van der Waals surface area (Å²) in [6, 6.07) is -0.141. The van der Waals surface area contributed by atoms with Gasteiger partial charge in [-0.05, 0) is 32.2 Å². The van der Waals surface area contributed by atoms with Crippen LogP contribution in [-0.4, -0.2) is 55.1 Å². The van der Waals surface area contributed by atoms with E-state index >= 15 is 0 Å². The summed E-state index contributed by atoms with van der Waals surface area (Å²) in [5, 5.41) is 2.96. The minimum atomic E-state index is -0.452. The molecule has 1 atom stereocenters. The average Bonchev–Trinajstić information content (AvgIpc) is 3.27. The minimum absolute atomic E-state index is 0.0567. The first-order valence-electron chi connectivity index (χ1n) is 7.60. The van der Waals surface area contributed by atoms with Gasteiger partial charge in [-0.3, -0.25) is 9.59 Å². The van der Waals surface area contributed by atoms with E-state index in [2.05, 4.69) is 5.32 Å². The molecule has 3 N–H and O–H groups in total. The monoisotopic (exact) mass is 283 g/mol. The van der Waals surface area contributed by atoms with E-state index in [9.17, 15) is 9.59 Å². The number of morpholine rings is 1. The Labute approximate surface area is 120 Å². The van der Waals surface area contributed by atoms with E-state index in [1.165, 1.54) is 0 Å². The number of nitrogens with zero attached hydrogens (tertiary/aromatic N) is 1. The predicted octanol–water partition coefficient (Wildman–Crippen LogP) is 0.0115. The van der Waals surface area contributed by atoms with E-state index < -0.39 is 6.04 Å². The Morgan fingerprint density at radius 2 is 2.05 bits per heavy atom. The van der Waals surface area contributed by atoms with Crippen LogP contribution in [0.4, 0.5) is 0 Å². The van der Waals surface area contributed by atoms with E-state index in [1.54, 1.807) is 4.90 Å². The number of hydrogen-bond donors (Lipinski definition) is 2. The number of amides is 2. The summed E-state index contributed by atoms with van der Waals surface area (Å²) in [6.45, 7) is 2.01. The van der Waals surface area contributed by atoms with Crippen molar-refractivity contribution in [3.63, 3.8) is 0 Å². The lowest BCUT2D eigenvalue weighted by Crippen LogP contribution is -2.56. The Balaban J connectivity index is 1.81. The zero-order valence-electron chi connectivity index (χ0n) is 12.0. The zero-order chi connectivity index (χ0) is 14.4. The lowest BCUT2D eigenvalue weighted by molar-refractivity contribution is -0.148. The van der Waals surface area contributed by atoms with Gasteiger partial charge >= 0.3 is 0 Å². The molecule has 6 heteroatoms. The third-order valence-electron chi connectivity index (χ3n) is 3.77. The van der Waals surface area contributed by atoms with Gasteiger partial charge < -0.3 is 20.7 Å². The average molecular weight is 283 g/mol. The summed E-state index contributed by atoms with van der Waals surface area (Å²) in [6.07, 6.45) is 5.34. The fraction of sp³-hybridized carbons (Fsp3) is 0.857. The largest absolute Gasteiger partial charge is 0.377 e. The fourth-order valence-electron chi connectivity index (χ4n) is 2.39. The van der Waals surface area contributed by atoms with Crippen molar-refractivity contribution in [2.24, 2.45) is 5.73 Å². The first-order valence-corrected chi connectivity index (χ1v) is 7.60. The summed E-state index contributed by atoms with van der Waals surface area (Å²) in [7, 11) is 0. The summed E-state index contributed by atoms with van der Waals surface area (Å²) in [4.78, 5) is 26.1. The molecule has 1 unspecified atom stereocenters. The van der Waals surface area contributed by atoms with Gasteiger partial charge in [-0.15, -0.1) is 0 Å². The Morgan fingerprint density at radius 1 is 1.25 bits per heavy atom. The maximum absolute atomic E-state index is 12.2. The van der Waals surface area contributed by atoms with Gasteiger partial charge in [0.1, 0.15) is 6.04 Å². The molecular weight excluding hydrogens is 258 g/mol. The van der Waals surface area contributed by atoms with Crippen LogP contribution in [0.5, 0.6) is 0 Å². The second kappa shape index (κ2) is 7.59. The molecular formula is C14H25N3O3. The van der Waals surface area contributed by atoms with Gasteiger partial charge in [0.25, 0.3) is 0 Å². The van der Waals surface area contributed by atoms with Gasteiger partial charge in [-0.25, -0.2) is 0 Å². The molecule has 114 valence electrons. The first-order chi connectivity index (χ1) is 9.72. The highest BCUT2D eigenvalue weighted by atomic mass is 16.5. The molecule has 6 nitrogen and oxygen atoms in total. The number of carbonyl (C=O) groups is 2. The molecule has 1 aliphatic carbocycles. The molecule has 2 fully saturated rings. The highest BCUT2D eigenvalue weighted by Crippen LogP contribution is 2.20. The van der Waals surface area contributed by atoms with Crippen molar-refractivity contribution in [3.05, 3.63) is 0 Å². The molecule has 0 aromatic rings. The topological polar surface area (TPSA) is 84.7 Å². The lowest BCUT2D eigenvalue weighted by Gasteiger charge is -2.34. The van der Waals surface area contributed by atoms with Crippen LogP contribution in [0.1, 0.15) is 38.5 Å². The number of nitrogens with one attached hydrogen (secondary N) is 1. The van der Waals surface area contributed by atoms with E-state index in [0.29, 0.717) is 38.8 Å². The van der Waals surface area contributed by atoms with Crippen LogP contribution in [0, 0.1) is 0 Å². The van der Waals surface area contributed by atoms with Crippen molar-refractivity contribution in [2.45, 2.75) is 50.6 Å². The predicted molar refractivity (Wildman–Crippen MR) is 75.0 cm³/mol. The summed E-state index contributed by atoms with van der Waals surface area (Å²) in [5.74, 6) is -0.0104. The minimum Gasteiger partial charge on any atom is -0.377 e. The number of unbranched alkanes of at least 4 members (excludes halogenated alkanes) is 2. The second-order valence-electron chi connectivity index (χ2n) is 5.56. The van der Waals surface area contributed by atoms with Crippen molar-refractivity contribution in [3.8, 4) is 0 Å². The molecule has 1 heterocycles. The summed E-state index contributed by atoms with van der Waals surface area (Å²) in [5.41, 5.74) is 5.44. The molecule has 2 amide bonds. The van der Waals surface area contributed by atoms with Gasteiger partial charge in [0, 0.05) is 19.0 Å². The number of ether oxygens (including phenoxy) is 1. The van der Waals surface area contributed by atoms with Crippen LogP contribution < -0.4 is 11.1 Å². The van der Waals surface area contributed by atoms with Gasteiger partial charge in [0.2, 0.25) is 11.8 Å². The molecule has 0 aromatic carbocycles. The Bertz CT molecular complexity index is 345. The fourth-order valence-corrected chi connectivity index (χ4v) is 2.39. The third-order valence-corrected chi connectivity index (χ3v) is 3.77. The van der Waals surface area contributed by atoms with Crippen LogP contribution in [-0.2, 0) is 14.3 Å². The first kappa shape index (κ1) is 15.3. The number of carbonyl (C=O) groups excluding carboxylic acids is 2. The molecule has 0 radical (unpaired) electrons. The van der Waals surface area contributed by atoms with Crippen LogP contribution in [0.3, 0.4) is 0 Å². The molecule has 0 bridgehead atoms. The van der Waals surface area contributed by atoms with Crippen LogP contribution in [0.25, 0.3) is 0 Å². The standard InChI is InChI=1S/C14H25N3O3/c15-7-3-1-2-4-13(18)17-8-9-20-10-12(17)14(19)16-11-5-6-11/h11-12H,1-10,15H2,(H,16,19). The van der Waals surface area contributed by atoms with Gasteiger partial charge in [-0.1, -0.05) is 6.42 Å². The smallest absolute Gasteiger partial charge is 0.245 e. The van der Waals surface area contributed by atoms with Crippen LogP contribution in [0.15, 0.2) is 0 Å². The molecule has 2 aliphatic rings. The summed E-state index contributed by atoms with van der Waals surface area (Å²) >= 11 is 0. The molecule has 1 saturated carbocycles. The quantitative estimate of drug-likeness (QED) is 0.645. The number of hydrogen-bond acceptors (Lipinski definition) is 4. The molecule has 1 aliphatic heterocycles. The second-order valence-corrected chi connectivity index (χ2v) is 5.56. The van der Waals surface area contributed by atoms with Gasteiger partial charge in [0.05, 0.1) is 13.2 Å². The zero-order valence-corrected chi connectivity index (χ0v) is 12.0. The van der Waals surface area contributed by atoms with Crippen LogP contribution >= 0.6 is 0 Å². The maximum atomic E-state index is 12.2. The van der Waals surface area contributed by atoms with Gasteiger partial charge in [0.15, 0.2) is 0 Å². The van der Waals surface area contributed by atoms with E-state index in [0.717, 1.165) is 32.1 Å². The Kier molecular flexibility index (Phi) is 5.79. The number of rotatable bonds is 7. The number of nitrogens with two attached hydrogens (primary N) is 1. The highest BCUT2D eigenvalue weighted by molar-refractivity contribution is 5.88. The van der Waals surface area contributed by atoms with E-state index in [1.807, 2.05) is 0 Å². The molecule has 2 rings (SSSR count). The SMILES string of the molecule is NCCCCCC(=O)N1CCOCC1C(=O)NC1CC1. The lowest BCUT2D eigenvalue weighted by atomic mass is 10.1. The highest BCUT2D eigenvalue weighted by Gasteiger charge is 2.35. The Morgan fingerprint density at radius 3 is 2.75 bits per heavy atom. The van der Waals surface area contributed by atoms with Crippen molar-refractivity contribution in [2.75, 3.05) is 26.3 Å². The summed E-state index contributed by atoms with van der Waals surface area (Å²) < 4.78 is 5.36. The molecule has 1 saturated heterocycles. The van der Waals surface area contributed by atoms with Crippen molar-refractivity contribution < 1.29 is 14.3 Å². The Hall–Kier alpha value is -1.14. The van der Waals surface area contributed by atoms with Crippen molar-refractivity contribution >= 4 is 11.8 Å². The van der Waals surface area contributed by atoms with Crippen molar-refractivity contribution in [1.29, 1.82) is 0 Å². The maximum Gasteiger partial charge on any atom is 0.245 e. The van der Waals surface area contributed by atoms with Crippen LogP contribution in [0.2, 0.25) is 0 Å². The van der Waals surface area contributed by atoms with E-state index in [4.69, 9.17) is 10.5 Å². The normalized spacial score (nSPS) is 22.6. The molecule has 0 spiro atoms. The van der Waals surface area contributed by atoms with E-state index in [-0.39, 0.29) is 11.8 Å². The van der Waals surface area contributed by atoms with Crippen molar-refractivity contribution in [1.82, 2.24) is 10.2 Å². The third kappa shape index (κ3) is 4.45. The molecule has 0 aromatic heterocycles.